The van der Waals surface area contributed by atoms with E-state index in [2.05, 4.69) is 5.32 Å². The standard InChI is InChI=1S/C12H23N3O2/c13-6-7-15(11-3-1-2-4-11)12(16)14-10-5-8-17-9-10/h10-11H,1-9,13H2,(H,14,16). The second kappa shape index (κ2) is 6.21. The quantitative estimate of drug-likeness (QED) is 0.761. The zero-order valence-electron chi connectivity index (χ0n) is 10.4. The second-order valence-corrected chi connectivity index (χ2v) is 4.93. The van der Waals surface area contributed by atoms with Crippen molar-refractivity contribution in [3.05, 3.63) is 0 Å². The lowest BCUT2D eigenvalue weighted by atomic mass is 10.2. The normalized spacial score (nSPS) is 25.1. The Kier molecular flexibility index (Phi) is 4.62. The number of carbonyl (C=O) groups is 1. The highest BCUT2D eigenvalue weighted by Gasteiger charge is 2.28. The molecule has 1 aliphatic heterocycles. The number of ether oxygens (including phenoxy) is 1. The van der Waals surface area contributed by atoms with E-state index in [4.69, 9.17) is 10.5 Å². The molecular formula is C12H23N3O2. The molecule has 0 aromatic heterocycles. The summed E-state index contributed by atoms with van der Waals surface area (Å²) in [7, 11) is 0. The topological polar surface area (TPSA) is 67.6 Å². The van der Waals surface area contributed by atoms with E-state index in [9.17, 15) is 4.79 Å². The van der Waals surface area contributed by atoms with Gasteiger partial charge in [-0.05, 0) is 19.3 Å². The lowest BCUT2D eigenvalue weighted by Gasteiger charge is -2.29. The molecule has 2 amide bonds. The third-order valence-corrected chi connectivity index (χ3v) is 3.65. The number of nitrogens with two attached hydrogens (primary N) is 1. The smallest absolute Gasteiger partial charge is 0.317 e. The van der Waals surface area contributed by atoms with Gasteiger partial charge in [0.15, 0.2) is 0 Å². The largest absolute Gasteiger partial charge is 0.379 e. The first kappa shape index (κ1) is 12.6. The zero-order chi connectivity index (χ0) is 12.1. The summed E-state index contributed by atoms with van der Waals surface area (Å²) < 4.78 is 5.27. The van der Waals surface area contributed by atoms with Gasteiger partial charge in [-0.15, -0.1) is 0 Å². The van der Waals surface area contributed by atoms with Crippen molar-refractivity contribution in [1.29, 1.82) is 0 Å². The third kappa shape index (κ3) is 3.33. The van der Waals surface area contributed by atoms with Crippen molar-refractivity contribution >= 4 is 6.03 Å². The average molecular weight is 241 g/mol. The van der Waals surface area contributed by atoms with Crippen LogP contribution in [0.15, 0.2) is 0 Å². The predicted molar refractivity (Wildman–Crippen MR) is 65.8 cm³/mol. The van der Waals surface area contributed by atoms with Crippen LogP contribution in [0.4, 0.5) is 4.79 Å². The third-order valence-electron chi connectivity index (χ3n) is 3.65. The molecule has 0 aromatic carbocycles. The Bertz CT molecular complexity index is 248. The Morgan fingerprint density at radius 3 is 2.71 bits per heavy atom. The molecule has 2 aliphatic rings. The number of urea groups is 1. The van der Waals surface area contributed by atoms with E-state index in [1.165, 1.54) is 12.8 Å². The molecule has 0 spiro atoms. The molecule has 0 radical (unpaired) electrons. The average Bonchev–Trinajstić information content (AvgIpc) is 2.97. The molecule has 5 nitrogen and oxygen atoms in total. The molecule has 2 fully saturated rings. The Labute approximate surface area is 103 Å². The van der Waals surface area contributed by atoms with E-state index in [1.807, 2.05) is 4.90 Å². The summed E-state index contributed by atoms with van der Waals surface area (Å²) in [5.74, 6) is 0. The van der Waals surface area contributed by atoms with Crippen molar-refractivity contribution in [3.8, 4) is 0 Å². The first-order valence-corrected chi connectivity index (χ1v) is 6.66. The van der Waals surface area contributed by atoms with Crippen LogP contribution in [0.5, 0.6) is 0 Å². The van der Waals surface area contributed by atoms with Crippen molar-refractivity contribution in [2.24, 2.45) is 5.73 Å². The predicted octanol–water partition coefficient (Wildman–Crippen LogP) is 0.688. The number of rotatable bonds is 4. The number of hydrogen-bond donors (Lipinski definition) is 2. The SMILES string of the molecule is NCCN(C(=O)NC1CCOC1)C1CCCC1. The van der Waals surface area contributed by atoms with Gasteiger partial charge in [0.25, 0.3) is 0 Å². The van der Waals surface area contributed by atoms with Crippen LogP contribution >= 0.6 is 0 Å². The summed E-state index contributed by atoms with van der Waals surface area (Å²) in [6, 6.07) is 0.614. The highest BCUT2D eigenvalue weighted by Crippen LogP contribution is 2.23. The summed E-state index contributed by atoms with van der Waals surface area (Å²) in [4.78, 5) is 14.1. The van der Waals surface area contributed by atoms with Crippen LogP contribution in [0, 0.1) is 0 Å². The van der Waals surface area contributed by atoms with Crippen LogP contribution in [0.25, 0.3) is 0 Å². The number of nitrogens with one attached hydrogen (secondary N) is 1. The molecule has 98 valence electrons. The fourth-order valence-electron chi connectivity index (χ4n) is 2.71. The molecule has 1 saturated carbocycles. The molecule has 1 atom stereocenters. The summed E-state index contributed by atoms with van der Waals surface area (Å²) in [6.45, 7) is 2.59. The molecule has 3 N–H and O–H groups in total. The van der Waals surface area contributed by atoms with E-state index in [0.29, 0.717) is 25.7 Å². The van der Waals surface area contributed by atoms with Crippen molar-refractivity contribution < 1.29 is 9.53 Å². The maximum atomic E-state index is 12.2. The van der Waals surface area contributed by atoms with Gasteiger partial charge < -0.3 is 20.7 Å². The second-order valence-electron chi connectivity index (χ2n) is 4.93. The van der Waals surface area contributed by atoms with Crippen LogP contribution in [-0.4, -0.2) is 49.3 Å². The van der Waals surface area contributed by atoms with Crippen molar-refractivity contribution in [2.45, 2.75) is 44.2 Å². The van der Waals surface area contributed by atoms with E-state index in [0.717, 1.165) is 25.9 Å². The van der Waals surface area contributed by atoms with Crippen LogP contribution in [0.3, 0.4) is 0 Å². The minimum absolute atomic E-state index is 0.0397. The number of nitrogens with zero attached hydrogens (tertiary/aromatic N) is 1. The molecule has 1 unspecified atom stereocenters. The first-order valence-electron chi connectivity index (χ1n) is 6.66. The van der Waals surface area contributed by atoms with Gasteiger partial charge in [0, 0.05) is 25.7 Å². The maximum Gasteiger partial charge on any atom is 0.317 e. The lowest BCUT2D eigenvalue weighted by molar-refractivity contribution is 0.165. The summed E-state index contributed by atoms with van der Waals surface area (Å²) >= 11 is 0. The van der Waals surface area contributed by atoms with Crippen molar-refractivity contribution in [1.82, 2.24) is 10.2 Å². The zero-order valence-corrected chi connectivity index (χ0v) is 10.4. The minimum atomic E-state index is 0.0397. The van der Waals surface area contributed by atoms with E-state index in [1.54, 1.807) is 0 Å². The summed E-state index contributed by atoms with van der Waals surface area (Å²) in [6.07, 6.45) is 5.62. The van der Waals surface area contributed by atoms with Crippen LogP contribution in [0.1, 0.15) is 32.1 Å². The molecular weight excluding hydrogens is 218 g/mol. The van der Waals surface area contributed by atoms with Crippen LogP contribution < -0.4 is 11.1 Å². The highest BCUT2D eigenvalue weighted by molar-refractivity contribution is 5.75. The molecule has 1 heterocycles. The Hall–Kier alpha value is -0.810. The molecule has 1 aliphatic carbocycles. The van der Waals surface area contributed by atoms with E-state index in [-0.39, 0.29) is 12.1 Å². The van der Waals surface area contributed by atoms with E-state index < -0.39 is 0 Å². The van der Waals surface area contributed by atoms with Crippen LogP contribution in [-0.2, 0) is 4.74 Å². The van der Waals surface area contributed by atoms with Crippen LogP contribution in [0.2, 0.25) is 0 Å². The van der Waals surface area contributed by atoms with Gasteiger partial charge in [-0.2, -0.15) is 0 Å². The summed E-state index contributed by atoms with van der Waals surface area (Å²) in [5, 5.41) is 3.05. The fourth-order valence-corrected chi connectivity index (χ4v) is 2.71. The van der Waals surface area contributed by atoms with Gasteiger partial charge in [0.2, 0.25) is 0 Å². The van der Waals surface area contributed by atoms with Gasteiger partial charge in [-0.25, -0.2) is 4.79 Å². The molecule has 5 heteroatoms. The highest BCUT2D eigenvalue weighted by atomic mass is 16.5. The van der Waals surface area contributed by atoms with Gasteiger partial charge >= 0.3 is 6.03 Å². The van der Waals surface area contributed by atoms with E-state index >= 15 is 0 Å². The Balaban J connectivity index is 1.86. The monoisotopic (exact) mass is 241 g/mol. The minimum Gasteiger partial charge on any atom is -0.379 e. The maximum absolute atomic E-state index is 12.2. The Morgan fingerprint density at radius 2 is 2.12 bits per heavy atom. The van der Waals surface area contributed by atoms with Gasteiger partial charge in [-0.3, -0.25) is 0 Å². The van der Waals surface area contributed by atoms with Gasteiger partial charge in [0.1, 0.15) is 0 Å². The van der Waals surface area contributed by atoms with Crippen molar-refractivity contribution in [3.63, 3.8) is 0 Å². The van der Waals surface area contributed by atoms with Gasteiger partial charge in [0.05, 0.1) is 12.6 Å². The van der Waals surface area contributed by atoms with Gasteiger partial charge in [-0.1, -0.05) is 12.8 Å². The molecule has 1 saturated heterocycles. The number of amides is 2. The summed E-state index contributed by atoms with van der Waals surface area (Å²) in [5.41, 5.74) is 5.60. The molecule has 17 heavy (non-hydrogen) atoms. The fraction of sp³-hybridized carbons (Fsp3) is 0.917. The molecule has 2 rings (SSSR count). The number of carbonyl (C=O) groups excluding carboxylic acids is 1. The first-order chi connectivity index (χ1) is 8.31. The lowest BCUT2D eigenvalue weighted by Crippen LogP contribution is -2.50. The molecule has 0 aromatic rings. The molecule has 0 bridgehead atoms. The number of hydrogen-bond acceptors (Lipinski definition) is 3. The Morgan fingerprint density at radius 1 is 1.35 bits per heavy atom. The van der Waals surface area contributed by atoms with Crippen molar-refractivity contribution in [2.75, 3.05) is 26.3 Å².